The van der Waals surface area contributed by atoms with Crippen LogP contribution in [0.1, 0.15) is 42.4 Å². The van der Waals surface area contributed by atoms with Gasteiger partial charge in [-0.2, -0.15) is 0 Å². The van der Waals surface area contributed by atoms with Gasteiger partial charge in [0, 0.05) is 29.1 Å². The van der Waals surface area contributed by atoms with E-state index >= 15 is 0 Å². The first-order valence-corrected chi connectivity index (χ1v) is 17.5. The summed E-state index contributed by atoms with van der Waals surface area (Å²) in [5, 5.41) is 4.12. The quantitative estimate of drug-likeness (QED) is 0.172. The molecule has 1 N–H and O–H groups in total. The lowest BCUT2D eigenvalue weighted by Crippen LogP contribution is -2.54. The Morgan fingerprint density at radius 1 is 0.826 bits per heavy atom. The summed E-state index contributed by atoms with van der Waals surface area (Å²) >= 11 is 12.6. The van der Waals surface area contributed by atoms with Gasteiger partial charge in [0.05, 0.1) is 10.6 Å². The number of nitrogens with one attached hydrogen (secondary N) is 1. The Balaban J connectivity index is 1.58. The van der Waals surface area contributed by atoms with Crippen LogP contribution in [0.5, 0.6) is 0 Å². The van der Waals surface area contributed by atoms with Crippen LogP contribution in [-0.2, 0) is 32.6 Å². The Morgan fingerprint density at radius 3 is 2.11 bits per heavy atom. The van der Waals surface area contributed by atoms with Crippen molar-refractivity contribution in [2.45, 2.75) is 62.6 Å². The highest BCUT2D eigenvalue weighted by Crippen LogP contribution is 2.30. The van der Waals surface area contributed by atoms with Gasteiger partial charge >= 0.3 is 0 Å². The molecule has 0 aliphatic heterocycles. The largest absolute Gasteiger partial charge is 0.352 e. The minimum absolute atomic E-state index is 0.0283. The SMILES string of the molecule is Cc1cc(Cl)ccc1N(CC(=O)N(Cc1cccc(Cl)c1)[C@@H](Cc1ccccc1)C(=O)NC1CCCC1)S(=O)(=O)c1ccccc1. The van der Waals surface area contributed by atoms with Crippen LogP contribution in [0, 0.1) is 6.92 Å². The molecule has 4 aromatic carbocycles. The highest BCUT2D eigenvalue weighted by molar-refractivity contribution is 7.92. The van der Waals surface area contributed by atoms with Crippen molar-refractivity contribution in [3.63, 3.8) is 0 Å². The first-order chi connectivity index (χ1) is 22.1. The summed E-state index contributed by atoms with van der Waals surface area (Å²) in [5.74, 6) is -0.803. The number of benzene rings is 4. The molecule has 10 heteroatoms. The Labute approximate surface area is 281 Å². The zero-order valence-corrected chi connectivity index (χ0v) is 27.9. The summed E-state index contributed by atoms with van der Waals surface area (Å²) in [5.41, 5.74) is 2.49. The number of amides is 2. The van der Waals surface area contributed by atoms with E-state index in [0.717, 1.165) is 35.6 Å². The summed E-state index contributed by atoms with van der Waals surface area (Å²) in [7, 11) is -4.20. The van der Waals surface area contributed by atoms with Crippen molar-refractivity contribution in [3.8, 4) is 0 Å². The third-order valence-corrected chi connectivity index (χ3v) is 10.5. The lowest BCUT2D eigenvalue weighted by molar-refractivity contribution is -0.140. The van der Waals surface area contributed by atoms with Gasteiger partial charge in [0.25, 0.3) is 10.0 Å². The van der Waals surface area contributed by atoms with Gasteiger partial charge in [-0.05, 0) is 78.9 Å². The lowest BCUT2D eigenvalue weighted by Gasteiger charge is -2.34. The van der Waals surface area contributed by atoms with Crippen molar-refractivity contribution >= 4 is 50.7 Å². The van der Waals surface area contributed by atoms with E-state index in [9.17, 15) is 18.0 Å². The minimum atomic E-state index is -4.20. The molecule has 240 valence electrons. The molecule has 5 rings (SSSR count). The molecular weight excluding hydrogens is 641 g/mol. The highest BCUT2D eigenvalue weighted by Gasteiger charge is 2.36. The predicted molar refractivity (Wildman–Crippen MR) is 183 cm³/mol. The zero-order valence-electron chi connectivity index (χ0n) is 25.6. The van der Waals surface area contributed by atoms with Crippen LogP contribution in [0.2, 0.25) is 10.0 Å². The molecule has 4 aromatic rings. The molecule has 0 radical (unpaired) electrons. The average Bonchev–Trinajstić information content (AvgIpc) is 3.56. The Bertz CT molecular complexity index is 1760. The number of carbonyl (C=O) groups is 2. The first-order valence-electron chi connectivity index (χ1n) is 15.3. The summed E-state index contributed by atoms with van der Waals surface area (Å²) in [6.45, 7) is 1.26. The monoisotopic (exact) mass is 677 g/mol. The molecule has 0 spiro atoms. The van der Waals surface area contributed by atoms with E-state index in [-0.39, 0.29) is 29.8 Å². The molecule has 1 atom stereocenters. The van der Waals surface area contributed by atoms with Gasteiger partial charge in [-0.3, -0.25) is 13.9 Å². The molecule has 0 aromatic heterocycles. The van der Waals surface area contributed by atoms with Crippen LogP contribution in [0.15, 0.2) is 108 Å². The fourth-order valence-electron chi connectivity index (χ4n) is 5.89. The maximum absolute atomic E-state index is 14.6. The predicted octanol–water partition coefficient (Wildman–Crippen LogP) is 7.20. The van der Waals surface area contributed by atoms with Crippen molar-refractivity contribution < 1.29 is 18.0 Å². The number of hydrogen-bond donors (Lipinski definition) is 1. The molecule has 7 nitrogen and oxygen atoms in total. The average molecular weight is 679 g/mol. The number of rotatable bonds is 12. The molecule has 1 aliphatic carbocycles. The van der Waals surface area contributed by atoms with E-state index in [0.29, 0.717) is 26.9 Å². The van der Waals surface area contributed by atoms with E-state index in [4.69, 9.17) is 23.2 Å². The maximum Gasteiger partial charge on any atom is 0.264 e. The number of carbonyl (C=O) groups excluding carboxylic acids is 2. The first kappa shape index (κ1) is 33.5. The standard InChI is InChI=1S/C36H37Cl2N3O4S/c1-26-21-30(38)19-20-33(26)41(46(44,45)32-17-6-3-7-18-32)25-35(42)40(24-28-13-10-14-29(37)22-28)34(23-27-11-4-2-5-12-27)36(43)39-31-15-8-9-16-31/h2-7,10-14,17-22,31,34H,8-9,15-16,23-25H2,1H3,(H,39,43)/t34-/m0/s1. The Hall–Kier alpha value is -3.85. The van der Waals surface area contributed by atoms with Gasteiger partial charge < -0.3 is 10.2 Å². The zero-order chi connectivity index (χ0) is 32.7. The summed E-state index contributed by atoms with van der Waals surface area (Å²) in [6, 6.07) is 28.6. The Kier molecular flexibility index (Phi) is 11.0. The van der Waals surface area contributed by atoms with E-state index in [1.54, 1.807) is 61.5 Å². The van der Waals surface area contributed by atoms with Crippen LogP contribution in [0.3, 0.4) is 0 Å². The lowest BCUT2D eigenvalue weighted by atomic mass is 10.0. The van der Waals surface area contributed by atoms with Crippen molar-refractivity contribution in [2.75, 3.05) is 10.8 Å². The fraction of sp³-hybridized carbons (Fsp3) is 0.278. The Morgan fingerprint density at radius 2 is 1.46 bits per heavy atom. The van der Waals surface area contributed by atoms with Crippen molar-refractivity contribution in [2.24, 2.45) is 0 Å². The van der Waals surface area contributed by atoms with Gasteiger partial charge in [0.15, 0.2) is 0 Å². The number of anilines is 1. The molecule has 0 heterocycles. The molecule has 0 saturated heterocycles. The molecule has 1 aliphatic rings. The molecule has 0 bridgehead atoms. The summed E-state index contributed by atoms with van der Waals surface area (Å²) in [6.07, 6.45) is 4.07. The number of sulfonamides is 1. The van der Waals surface area contributed by atoms with E-state index in [1.807, 2.05) is 36.4 Å². The highest BCUT2D eigenvalue weighted by atomic mass is 35.5. The third kappa shape index (κ3) is 8.29. The second-order valence-electron chi connectivity index (χ2n) is 11.6. The van der Waals surface area contributed by atoms with Crippen LogP contribution in [0.4, 0.5) is 5.69 Å². The van der Waals surface area contributed by atoms with Gasteiger partial charge in [-0.15, -0.1) is 0 Å². The number of nitrogens with zero attached hydrogens (tertiary/aromatic N) is 2. The maximum atomic E-state index is 14.6. The van der Waals surface area contributed by atoms with Crippen molar-refractivity contribution in [3.05, 3.63) is 130 Å². The molecule has 1 fully saturated rings. The molecule has 0 unspecified atom stereocenters. The summed E-state index contributed by atoms with van der Waals surface area (Å²) < 4.78 is 29.5. The molecule has 1 saturated carbocycles. The van der Waals surface area contributed by atoms with E-state index in [2.05, 4.69) is 5.32 Å². The second-order valence-corrected chi connectivity index (χ2v) is 14.3. The van der Waals surface area contributed by atoms with E-state index < -0.39 is 28.5 Å². The number of halogens is 2. The van der Waals surface area contributed by atoms with Crippen LogP contribution in [-0.4, -0.2) is 43.8 Å². The van der Waals surface area contributed by atoms with Crippen LogP contribution >= 0.6 is 23.2 Å². The molecular formula is C36H37Cl2N3O4S. The second kappa shape index (κ2) is 15.2. The summed E-state index contributed by atoms with van der Waals surface area (Å²) in [4.78, 5) is 30.2. The third-order valence-electron chi connectivity index (χ3n) is 8.25. The normalized spacial score (nSPS) is 14.1. The van der Waals surface area contributed by atoms with Crippen LogP contribution < -0.4 is 9.62 Å². The van der Waals surface area contributed by atoms with Gasteiger partial charge in [-0.1, -0.05) is 96.7 Å². The van der Waals surface area contributed by atoms with Gasteiger partial charge in [0.2, 0.25) is 11.8 Å². The van der Waals surface area contributed by atoms with Crippen molar-refractivity contribution in [1.82, 2.24) is 10.2 Å². The van der Waals surface area contributed by atoms with E-state index in [1.165, 1.54) is 17.0 Å². The molecule has 2 amide bonds. The fourth-order valence-corrected chi connectivity index (χ4v) is 7.82. The van der Waals surface area contributed by atoms with Gasteiger partial charge in [-0.25, -0.2) is 8.42 Å². The minimum Gasteiger partial charge on any atom is -0.352 e. The van der Waals surface area contributed by atoms with Gasteiger partial charge in [0.1, 0.15) is 12.6 Å². The molecule has 46 heavy (non-hydrogen) atoms. The topological polar surface area (TPSA) is 86.8 Å². The van der Waals surface area contributed by atoms with Crippen molar-refractivity contribution in [1.29, 1.82) is 0 Å². The number of aryl methyl sites for hydroxylation is 1. The van der Waals surface area contributed by atoms with Crippen LogP contribution in [0.25, 0.3) is 0 Å². The smallest absolute Gasteiger partial charge is 0.264 e. The number of hydrogen-bond acceptors (Lipinski definition) is 4.